The zero-order valence-electron chi connectivity index (χ0n) is 9.33. The van der Waals surface area contributed by atoms with Crippen LogP contribution in [0.3, 0.4) is 0 Å². The molecule has 3 nitrogen and oxygen atoms in total. The average molecular weight is 198 g/mol. The zero-order chi connectivity index (χ0) is 9.97. The minimum absolute atomic E-state index is 0.606. The van der Waals surface area contributed by atoms with Crippen LogP contribution in [0.15, 0.2) is 0 Å². The molecule has 0 aromatic rings. The van der Waals surface area contributed by atoms with Crippen LogP contribution in [-0.4, -0.2) is 49.8 Å². The molecule has 3 atom stereocenters. The van der Waals surface area contributed by atoms with Crippen molar-refractivity contribution in [2.24, 2.45) is 5.92 Å². The van der Waals surface area contributed by atoms with E-state index in [1.54, 1.807) is 0 Å². The van der Waals surface area contributed by atoms with Crippen molar-refractivity contribution in [1.82, 2.24) is 10.2 Å². The van der Waals surface area contributed by atoms with Crippen molar-refractivity contribution in [3.05, 3.63) is 0 Å². The van der Waals surface area contributed by atoms with Crippen LogP contribution in [0.25, 0.3) is 0 Å². The van der Waals surface area contributed by atoms with Crippen molar-refractivity contribution in [3.8, 4) is 0 Å². The first-order valence-corrected chi connectivity index (χ1v) is 5.83. The molecule has 2 aliphatic rings. The fraction of sp³-hybridized carbons (Fsp3) is 1.00. The van der Waals surface area contributed by atoms with E-state index in [9.17, 15) is 0 Å². The van der Waals surface area contributed by atoms with Crippen LogP contribution in [-0.2, 0) is 4.74 Å². The molecule has 3 heteroatoms. The molecule has 0 aromatic carbocycles. The largest absolute Gasteiger partial charge is 0.379 e. The lowest BCUT2D eigenvalue weighted by atomic mass is 9.92. The van der Waals surface area contributed by atoms with E-state index in [4.69, 9.17) is 4.74 Å². The van der Waals surface area contributed by atoms with Crippen molar-refractivity contribution in [2.45, 2.75) is 32.4 Å². The van der Waals surface area contributed by atoms with Gasteiger partial charge in [0.2, 0.25) is 0 Å². The van der Waals surface area contributed by atoms with Crippen molar-refractivity contribution >= 4 is 0 Å². The summed E-state index contributed by atoms with van der Waals surface area (Å²) in [4.78, 5) is 2.65. The number of ether oxygens (including phenoxy) is 1. The quantitative estimate of drug-likeness (QED) is 0.671. The number of morpholine rings is 1. The van der Waals surface area contributed by atoms with Gasteiger partial charge in [-0.05, 0) is 32.4 Å². The highest BCUT2D eigenvalue weighted by molar-refractivity contribution is 4.86. The Kier molecular flexibility index (Phi) is 3.42. The topological polar surface area (TPSA) is 24.5 Å². The van der Waals surface area contributed by atoms with E-state index in [1.807, 2.05) is 0 Å². The average Bonchev–Trinajstić information content (AvgIpc) is 2.20. The maximum atomic E-state index is 5.48. The third-order valence-electron chi connectivity index (χ3n) is 3.59. The summed E-state index contributed by atoms with van der Waals surface area (Å²) in [7, 11) is 0. The summed E-state index contributed by atoms with van der Waals surface area (Å²) in [6.45, 7) is 9.95. The first-order chi connectivity index (χ1) is 6.79. The predicted octanol–water partition coefficient (Wildman–Crippen LogP) is 0.705. The lowest BCUT2D eigenvalue weighted by Gasteiger charge is -2.44. The van der Waals surface area contributed by atoms with Crippen LogP contribution >= 0.6 is 0 Å². The molecular weight excluding hydrogens is 176 g/mol. The van der Waals surface area contributed by atoms with Crippen LogP contribution in [0.5, 0.6) is 0 Å². The summed E-state index contributed by atoms with van der Waals surface area (Å²) in [5, 5.41) is 3.46. The molecule has 0 spiro atoms. The molecule has 0 radical (unpaired) electrons. The van der Waals surface area contributed by atoms with Gasteiger partial charge in [-0.15, -0.1) is 0 Å². The summed E-state index contributed by atoms with van der Waals surface area (Å²) in [5.41, 5.74) is 0. The molecule has 0 amide bonds. The van der Waals surface area contributed by atoms with Crippen molar-refractivity contribution < 1.29 is 4.74 Å². The van der Waals surface area contributed by atoms with Crippen molar-refractivity contribution in [2.75, 3.05) is 32.8 Å². The number of hydrogen-bond donors (Lipinski definition) is 1. The van der Waals surface area contributed by atoms with Crippen LogP contribution < -0.4 is 5.32 Å². The molecule has 0 aliphatic carbocycles. The highest BCUT2D eigenvalue weighted by Gasteiger charge is 2.31. The fourth-order valence-electron chi connectivity index (χ4n) is 2.73. The van der Waals surface area contributed by atoms with E-state index in [-0.39, 0.29) is 0 Å². The monoisotopic (exact) mass is 198 g/mol. The Morgan fingerprint density at radius 2 is 2.21 bits per heavy atom. The first-order valence-electron chi connectivity index (χ1n) is 5.83. The Morgan fingerprint density at radius 3 is 2.93 bits per heavy atom. The van der Waals surface area contributed by atoms with Gasteiger partial charge in [0.15, 0.2) is 0 Å². The van der Waals surface area contributed by atoms with E-state index < -0.39 is 0 Å². The molecule has 2 saturated heterocycles. The maximum Gasteiger partial charge on any atom is 0.0619 e. The molecule has 82 valence electrons. The Labute approximate surface area is 86.8 Å². The molecule has 1 N–H and O–H groups in total. The molecule has 2 aliphatic heterocycles. The molecule has 0 saturated carbocycles. The highest BCUT2D eigenvalue weighted by Crippen LogP contribution is 2.21. The van der Waals surface area contributed by atoms with Gasteiger partial charge in [0.1, 0.15) is 0 Å². The van der Waals surface area contributed by atoms with Crippen molar-refractivity contribution in [3.63, 3.8) is 0 Å². The Morgan fingerprint density at radius 1 is 1.36 bits per heavy atom. The molecule has 0 aromatic heterocycles. The third-order valence-corrected chi connectivity index (χ3v) is 3.59. The Balaban J connectivity index is 1.96. The van der Waals surface area contributed by atoms with E-state index in [0.29, 0.717) is 6.04 Å². The van der Waals surface area contributed by atoms with Gasteiger partial charge in [0, 0.05) is 18.6 Å². The van der Waals surface area contributed by atoms with Gasteiger partial charge in [-0.1, -0.05) is 6.92 Å². The lowest BCUT2D eigenvalue weighted by Crippen LogP contribution is -2.55. The number of nitrogens with zero attached hydrogens (tertiary/aromatic N) is 1. The Hall–Kier alpha value is -0.120. The number of piperidine rings is 1. The van der Waals surface area contributed by atoms with Crippen LogP contribution in [0.2, 0.25) is 0 Å². The molecule has 14 heavy (non-hydrogen) atoms. The normalized spacial score (nSPS) is 41.1. The summed E-state index contributed by atoms with van der Waals surface area (Å²) < 4.78 is 5.48. The van der Waals surface area contributed by atoms with Crippen LogP contribution in [0.1, 0.15) is 20.3 Å². The second-order valence-corrected chi connectivity index (χ2v) is 4.70. The van der Waals surface area contributed by atoms with Gasteiger partial charge in [-0.3, -0.25) is 4.90 Å². The van der Waals surface area contributed by atoms with Gasteiger partial charge < -0.3 is 10.1 Å². The lowest BCUT2D eigenvalue weighted by molar-refractivity contribution is -0.0387. The molecule has 0 bridgehead atoms. The second kappa shape index (κ2) is 4.60. The fourth-order valence-corrected chi connectivity index (χ4v) is 2.73. The van der Waals surface area contributed by atoms with E-state index >= 15 is 0 Å². The van der Waals surface area contributed by atoms with E-state index in [0.717, 1.165) is 31.7 Å². The van der Waals surface area contributed by atoms with Crippen molar-refractivity contribution in [1.29, 1.82) is 0 Å². The first kappa shape index (κ1) is 10.4. The number of rotatable bonds is 1. The van der Waals surface area contributed by atoms with Gasteiger partial charge in [0.05, 0.1) is 13.2 Å². The van der Waals surface area contributed by atoms with E-state index in [2.05, 4.69) is 24.1 Å². The minimum Gasteiger partial charge on any atom is -0.379 e. The molecule has 2 rings (SSSR count). The minimum atomic E-state index is 0.606. The van der Waals surface area contributed by atoms with Crippen LogP contribution in [0.4, 0.5) is 0 Å². The molecular formula is C11H22N2O. The summed E-state index contributed by atoms with van der Waals surface area (Å²) in [6.07, 6.45) is 1.30. The second-order valence-electron chi connectivity index (χ2n) is 4.70. The number of hydrogen-bond acceptors (Lipinski definition) is 3. The Bertz CT molecular complexity index is 166. The molecule has 2 heterocycles. The van der Waals surface area contributed by atoms with Gasteiger partial charge >= 0.3 is 0 Å². The predicted molar refractivity (Wildman–Crippen MR) is 57.4 cm³/mol. The maximum absolute atomic E-state index is 5.48. The summed E-state index contributed by atoms with van der Waals surface area (Å²) in [6, 6.07) is 1.38. The smallest absolute Gasteiger partial charge is 0.0619 e. The van der Waals surface area contributed by atoms with Gasteiger partial charge in [-0.25, -0.2) is 0 Å². The highest BCUT2D eigenvalue weighted by atomic mass is 16.5. The van der Waals surface area contributed by atoms with Crippen LogP contribution in [0, 0.1) is 5.92 Å². The zero-order valence-corrected chi connectivity index (χ0v) is 9.33. The SMILES string of the molecule is CC1CNCCC1N1CCOCC1C. The van der Waals surface area contributed by atoms with E-state index in [1.165, 1.54) is 19.5 Å². The number of nitrogens with one attached hydrogen (secondary N) is 1. The summed E-state index contributed by atoms with van der Waals surface area (Å²) >= 11 is 0. The molecule has 3 unspecified atom stereocenters. The summed E-state index contributed by atoms with van der Waals surface area (Å²) in [5.74, 6) is 0.782. The third kappa shape index (κ3) is 2.10. The molecule has 2 fully saturated rings. The van der Waals surface area contributed by atoms with Gasteiger partial charge in [0.25, 0.3) is 0 Å². The van der Waals surface area contributed by atoms with Gasteiger partial charge in [-0.2, -0.15) is 0 Å². The standard InChI is InChI=1S/C11H22N2O/c1-9-7-12-4-3-11(9)13-5-6-14-8-10(13)2/h9-12H,3-8H2,1-2H3.